The average Bonchev–Trinajstić information content (AvgIpc) is 2.55. The van der Waals surface area contributed by atoms with Gasteiger partial charge < -0.3 is 35.5 Å². The summed E-state index contributed by atoms with van der Waals surface area (Å²) >= 11 is 0. The highest BCUT2D eigenvalue weighted by atomic mass is 16.7. The Labute approximate surface area is 144 Å². The molecule has 1 fully saturated rings. The molecule has 2 unspecified atom stereocenters. The second-order valence-electron chi connectivity index (χ2n) is 5.73. The van der Waals surface area contributed by atoms with E-state index in [1.165, 1.54) is 13.8 Å². The standard InChI is InChI=1S/C16H22N2O7/c1-8(19)18-10-3-5-11(6-4-10)24-16-15(22)13(17)14(21)12(25-16)7-23-9(2)20/h3-6,12-16,21-22H,7,17H2,1-2H3,(H,18,19)/t12?,13-,14-,15?,16+/m1/s1. The quantitative estimate of drug-likeness (QED) is 0.512. The van der Waals surface area contributed by atoms with Gasteiger partial charge in [0.1, 0.15) is 30.7 Å². The van der Waals surface area contributed by atoms with Gasteiger partial charge in [-0.25, -0.2) is 0 Å². The van der Waals surface area contributed by atoms with Gasteiger partial charge in [-0.3, -0.25) is 9.59 Å². The van der Waals surface area contributed by atoms with E-state index in [-0.39, 0.29) is 12.5 Å². The van der Waals surface area contributed by atoms with Gasteiger partial charge in [0.15, 0.2) is 0 Å². The number of ether oxygens (including phenoxy) is 3. The Morgan fingerprint density at radius 1 is 1.20 bits per heavy atom. The van der Waals surface area contributed by atoms with Crippen LogP contribution < -0.4 is 15.8 Å². The number of nitrogens with two attached hydrogens (primary N) is 1. The molecule has 0 aromatic heterocycles. The SMILES string of the molecule is CC(=O)Nc1ccc(O[C@H]2OC(COC(C)=O)[C@@H](O)[C@@H](N)C2O)cc1. The van der Waals surface area contributed by atoms with Crippen LogP contribution in [0.3, 0.4) is 0 Å². The van der Waals surface area contributed by atoms with Gasteiger partial charge in [0, 0.05) is 19.5 Å². The number of aliphatic hydroxyl groups excluding tert-OH is 2. The molecule has 0 radical (unpaired) electrons. The van der Waals surface area contributed by atoms with E-state index in [2.05, 4.69) is 5.32 Å². The fraction of sp³-hybridized carbons (Fsp3) is 0.500. The summed E-state index contributed by atoms with van der Waals surface area (Å²) in [4.78, 5) is 21.9. The van der Waals surface area contributed by atoms with Crippen molar-refractivity contribution in [1.82, 2.24) is 0 Å². The molecule has 0 bridgehead atoms. The van der Waals surface area contributed by atoms with E-state index in [0.717, 1.165) is 0 Å². The molecule has 138 valence electrons. The highest BCUT2D eigenvalue weighted by Crippen LogP contribution is 2.24. The predicted molar refractivity (Wildman–Crippen MR) is 86.7 cm³/mol. The Bertz CT molecular complexity index is 607. The van der Waals surface area contributed by atoms with Crippen molar-refractivity contribution in [3.8, 4) is 5.75 Å². The van der Waals surface area contributed by atoms with Crippen LogP contribution in [0.25, 0.3) is 0 Å². The van der Waals surface area contributed by atoms with E-state index in [1.807, 2.05) is 0 Å². The maximum Gasteiger partial charge on any atom is 0.302 e. The van der Waals surface area contributed by atoms with Crippen LogP contribution in [0.2, 0.25) is 0 Å². The minimum atomic E-state index is -1.28. The summed E-state index contributed by atoms with van der Waals surface area (Å²) in [6.07, 6.45) is -4.56. The molecule has 0 saturated carbocycles. The molecule has 5 N–H and O–H groups in total. The summed E-state index contributed by atoms with van der Waals surface area (Å²) in [6, 6.07) is 5.38. The number of esters is 1. The molecule has 1 heterocycles. The fourth-order valence-electron chi connectivity index (χ4n) is 2.35. The maximum atomic E-state index is 11.0. The molecule has 0 spiro atoms. The first kappa shape index (κ1) is 19.1. The molecule has 0 aliphatic carbocycles. The third kappa shape index (κ3) is 5.13. The zero-order valence-corrected chi connectivity index (χ0v) is 13.9. The molecule has 2 rings (SSSR count). The second kappa shape index (κ2) is 8.26. The number of benzene rings is 1. The molecule has 5 atom stereocenters. The molecule has 9 nitrogen and oxygen atoms in total. The van der Waals surface area contributed by atoms with Crippen LogP contribution in [0, 0.1) is 0 Å². The van der Waals surface area contributed by atoms with Gasteiger partial charge in [-0.05, 0) is 24.3 Å². The summed E-state index contributed by atoms with van der Waals surface area (Å²) in [5.41, 5.74) is 6.38. The molecule has 1 aromatic carbocycles. The molecule has 1 aliphatic rings. The third-order valence-corrected chi connectivity index (χ3v) is 3.64. The Balaban J connectivity index is 2.03. The first-order valence-corrected chi connectivity index (χ1v) is 7.72. The number of nitrogens with one attached hydrogen (secondary N) is 1. The van der Waals surface area contributed by atoms with Crippen LogP contribution in [0.15, 0.2) is 24.3 Å². The topological polar surface area (TPSA) is 140 Å². The highest BCUT2D eigenvalue weighted by molar-refractivity contribution is 5.88. The van der Waals surface area contributed by atoms with Crippen molar-refractivity contribution in [2.75, 3.05) is 11.9 Å². The minimum Gasteiger partial charge on any atom is -0.463 e. The van der Waals surface area contributed by atoms with Gasteiger partial charge in [-0.15, -0.1) is 0 Å². The van der Waals surface area contributed by atoms with E-state index < -0.39 is 36.6 Å². The summed E-state index contributed by atoms with van der Waals surface area (Å²) in [6.45, 7) is 2.42. The van der Waals surface area contributed by atoms with Crippen LogP contribution in [0.4, 0.5) is 5.69 Å². The molecule has 9 heteroatoms. The smallest absolute Gasteiger partial charge is 0.302 e. The highest BCUT2D eigenvalue weighted by Gasteiger charge is 2.44. The van der Waals surface area contributed by atoms with Crippen molar-refractivity contribution in [2.24, 2.45) is 5.73 Å². The Morgan fingerprint density at radius 3 is 2.40 bits per heavy atom. The summed E-state index contributed by atoms with van der Waals surface area (Å²) < 4.78 is 15.9. The van der Waals surface area contributed by atoms with Crippen molar-refractivity contribution >= 4 is 17.6 Å². The van der Waals surface area contributed by atoms with E-state index in [0.29, 0.717) is 11.4 Å². The Hall–Kier alpha value is -2.20. The van der Waals surface area contributed by atoms with Gasteiger partial charge in [-0.2, -0.15) is 0 Å². The maximum absolute atomic E-state index is 11.0. The van der Waals surface area contributed by atoms with Crippen molar-refractivity contribution in [3.63, 3.8) is 0 Å². The van der Waals surface area contributed by atoms with E-state index in [4.69, 9.17) is 19.9 Å². The normalized spacial score (nSPS) is 28.9. The fourth-order valence-corrected chi connectivity index (χ4v) is 2.35. The lowest BCUT2D eigenvalue weighted by molar-refractivity contribution is -0.249. The molecular weight excluding hydrogens is 332 g/mol. The number of hydrogen-bond donors (Lipinski definition) is 4. The molecule has 1 aromatic rings. The number of hydrogen-bond acceptors (Lipinski definition) is 8. The number of rotatable bonds is 5. The second-order valence-corrected chi connectivity index (χ2v) is 5.73. The summed E-state index contributed by atoms with van der Waals surface area (Å²) in [5, 5.41) is 22.8. The van der Waals surface area contributed by atoms with Crippen LogP contribution in [0.5, 0.6) is 5.75 Å². The van der Waals surface area contributed by atoms with E-state index >= 15 is 0 Å². The van der Waals surface area contributed by atoms with Gasteiger partial charge in [0.2, 0.25) is 12.2 Å². The lowest BCUT2D eigenvalue weighted by Gasteiger charge is -2.40. The van der Waals surface area contributed by atoms with Gasteiger partial charge in [-0.1, -0.05) is 0 Å². The molecule has 1 saturated heterocycles. The third-order valence-electron chi connectivity index (χ3n) is 3.64. The Morgan fingerprint density at radius 2 is 1.84 bits per heavy atom. The number of carbonyl (C=O) groups is 2. The van der Waals surface area contributed by atoms with Crippen LogP contribution in [-0.4, -0.2) is 59.3 Å². The van der Waals surface area contributed by atoms with Gasteiger partial charge in [0.05, 0.1) is 6.04 Å². The van der Waals surface area contributed by atoms with Crippen molar-refractivity contribution in [2.45, 2.75) is 44.5 Å². The van der Waals surface area contributed by atoms with Crippen LogP contribution in [-0.2, 0) is 19.1 Å². The predicted octanol–water partition coefficient (Wildman–Crippen LogP) is -0.639. The number of amides is 1. The van der Waals surface area contributed by atoms with Crippen LogP contribution in [0.1, 0.15) is 13.8 Å². The molecular formula is C16H22N2O7. The van der Waals surface area contributed by atoms with Gasteiger partial charge in [0.25, 0.3) is 0 Å². The molecule has 25 heavy (non-hydrogen) atoms. The Kier molecular flexibility index (Phi) is 6.32. The molecule has 1 amide bonds. The summed E-state index contributed by atoms with van der Waals surface area (Å²) in [5.74, 6) is -0.359. The van der Waals surface area contributed by atoms with E-state index in [1.54, 1.807) is 24.3 Å². The largest absolute Gasteiger partial charge is 0.463 e. The average molecular weight is 354 g/mol. The lowest BCUT2D eigenvalue weighted by Crippen LogP contribution is -2.63. The van der Waals surface area contributed by atoms with E-state index in [9.17, 15) is 19.8 Å². The van der Waals surface area contributed by atoms with Gasteiger partial charge >= 0.3 is 5.97 Å². The van der Waals surface area contributed by atoms with Crippen molar-refractivity contribution in [1.29, 1.82) is 0 Å². The van der Waals surface area contributed by atoms with Crippen LogP contribution >= 0.6 is 0 Å². The monoisotopic (exact) mass is 354 g/mol. The zero-order chi connectivity index (χ0) is 18.6. The number of carbonyl (C=O) groups excluding carboxylic acids is 2. The number of aliphatic hydroxyl groups is 2. The summed E-state index contributed by atoms with van der Waals surface area (Å²) in [7, 11) is 0. The first-order chi connectivity index (χ1) is 11.8. The van der Waals surface area contributed by atoms with Crippen molar-refractivity contribution in [3.05, 3.63) is 24.3 Å². The lowest BCUT2D eigenvalue weighted by atomic mass is 9.97. The zero-order valence-electron chi connectivity index (χ0n) is 13.9. The minimum absolute atomic E-state index is 0.201. The number of anilines is 1. The molecule has 1 aliphatic heterocycles. The first-order valence-electron chi connectivity index (χ1n) is 7.72. The van der Waals surface area contributed by atoms with Crippen molar-refractivity contribution < 1.29 is 34.0 Å².